The molecular formula is C16H20FN. The molecule has 2 aromatic carbocycles. The number of hydrogen-bond donors (Lipinski definition) is 1. The second kappa shape index (κ2) is 5.67. The normalized spacial score (nSPS) is 10.4. The highest BCUT2D eigenvalue weighted by Gasteiger charge is 2.06. The molecule has 0 amide bonds. The van der Waals surface area contributed by atoms with Crippen LogP contribution in [0.5, 0.6) is 0 Å². The molecule has 2 aromatic rings. The molecule has 96 valence electrons. The summed E-state index contributed by atoms with van der Waals surface area (Å²) in [5, 5.41) is 3.27. The fourth-order valence-corrected chi connectivity index (χ4v) is 2.06. The van der Waals surface area contributed by atoms with Crippen LogP contribution in [0.4, 0.5) is 10.1 Å². The van der Waals surface area contributed by atoms with E-state index >= 15 is 0 Å². The number of benzene rings is 2. The Morgan fingerprint density at radius 1 is 1.11 bits per heavy atom. The molecule has 1 N–H and O–H groups in total. The summed E-state index contributed by atoms with van der Waals surface area (Å²) in [6.45, 7) is 4.98. The molecule has 0 aliphatic rings. The fourth-order valence-electron chi connectivity index (χ4n) is 2.06. The molecule has 18 heavy (non-hydrogen) atoms. The Kier molecular flexibility index (Phi) is 3.98. The summed E-state index contributed by atoms with van der Waals surface area (Å²) >= 11 is 0. The van der Waals surface area contributed by atoms with Crippen LogP contribution in [0.1, 0.15) is 20.8 Å². The average molecular weight is 245 g/mol. The van der Waals surface area contributed by atoms with Gasteiger partial charge in [-0.15, -0.1) is 0 Å². The molecule has 0 spiro atoms. The number of halogens is 1. The number of rotatable bonds is 4. The number of aryl methyl sites for hydroxylation is 1. The Labute approximate surface area is 109 Å². The third-order valence-corrected chi connectivity index (χ3v) is 3.00. The van der Waals surface area contributed by atoms with Gasteiger partial charge in [-0.3, -0.25) is 0 Å². The molecule has 0 unspecified atom stereocenters. The van der Waals surface area contributed by atoms with Gasteiger partial charge in [0.2, 0.25) is 0 Å². The number of hydrogen-bond acceptors (Lipinski definition) is 1. The molecule has 0 aromatic heterocycles. The Bertz CT molecular complexity index is 540. The summed E-state index contributed by atoms with van der Waals surface area (Å²) in [6, 6.07) is 13.1. The van der Waals surface area contributed by atoms with Crippen molar-refractivity contribution in [2.45, 2.75) is 20.3 Å². The van der Waals surface area contributed by atoms with E-state index < -0.39 is 0 Å². The average Bonchev–Trinajstić information content (AvgIpc) is 2.41. The zero-order valence-corrected chi connectivity index (χ0v) is 10.8. The van der Waals surface area contributed by atoms with E-state index in [1.54, 1.807) is 12.1 Å². The van der Waals surface area contributed by atoms with E-state index in [1.807, 2.05) is 19.1 Å². The Hall–Kier alpha value is -1.83. The van der Waals surface area contributed by atoms with Crippen molar-refractivity contribution < 1.29 is 5.82 Å². The lowest BCUT2D eigenvalue weighted by molar-refractivity contribution is 0.628. The summed E-state index contributed by atoms with van der Waals surface area (Å²) in [4.78, 5) is 0. The van der Waals surface area contributed by atoms with Gasteiger partial charge in [0.15, 0.2) is 0 Å². The molecule has 1 nitrogen and oxygen atoms in total. The molecule has 0 bridgehead atoms. The standard InChI is InChI=1S/C16H18FN.H2/c1-3-12-6-5-7-13(10-12)15-11-14(17)8-9-16(15)18-4-2;/h5-11,18H,3-4H2,1-2H3;1H. The SMILES string of the molecule is CCNc1ccc(F)cc1-c1cccc(CC)c1.[HH]. The second-order valence-electron chi connectivity index (χ2n) is 4.27. The zero-order valence-electron chi connectivity index (χ0n) is 10.8. The van der Waals surface area contributed by atoms with Crippen molar-refractivity contribution in [2.75, 3.05) is 11.9 Å². The number of nitrogens with one attached hydrogen (secondary N) is 1. The summed E-state index contributed by atoms with van der Waals surface area (Å²) in [5.41, 5.74) is 4.23. The first-order valence-corrected chi connectivity index (χ1v) is 6.37. The molecule has 0 heterocycles. The molecule has 2 rings (SSSR count). The van der Waals surface area contributed by atoms with Gasteiger partial charge in [-0.1, -0.05) is 31.2 Å². The van der Waals surface area contributed by atoms with Gasteiger partial charge in [-0.2, -0.15) is 0 Å². The Morgan fingerprint density at radius 3 is 2.67 bits per heavy atom. The minimum absolute atomic E-state index is 0. The van der Waals surface area contributed by atoms with Gasteiger partial charge in [0.25, 0.3) is 0 Å². The monoisotopic (exact) mass is 245 g/mol. The first kappa shape index (κ1) is 12.6. The lowest BCUT2D eigenvalue weighted by Crippen LogP contribution is -1.99. The molecule has 0 aliphatic heterocycles. The van der Waals surface area contributed by atoms with E-state index in [2.05, 4.69) is 24.4 Å². The van der Waals surface area contributed by atoms with E-state index in [-0.39, 0.29) is 7.24 Å². The lowest BCUT2D eigenvalue weighted by Gasteiger charge is -2.12. The first-order chi connectivity index (χ1) is 8.74. The molecule has 2 heteroatoms. The van der Waals surface area contributed by atoms with Crippen molar-refractivity contribution in [1.82, 2.24) is 0 Å². The van der Waals surface area contributed by atoms with Crippen LogP contribution in [-0.4, -0.2) is 6.54 Å². The predicted molar refractivity (Wildman–Crippen MR) is 77.5 cm³/mol. The molecule has 0 saturated heterocycles. The van der Waals surface area contributed by atoms with Crippen LogP contribution in [0.25, 0.3) is 11.1 Å². The van der Waals surface area contributed by atoms with E-state index in [0.717, 1.165) is 29.8 Å². The molecule has 0 aliphatic carbocycles. The minimum Gasteiger partial charge on any atom is -0.385 e. The van der Waals surface area contributed by atoms with Gasteiger partial charge in [-0.05, 0) is 42.7 Å². The van der Waals surface area contributed by atoms with Crippen molar-refractivity contribution in [2.24, 2.45) is 0 Å². The molecule has 0 atom stereocenters. The van der Waals surface area contributed by atoms with Crippen molar-refractivity contribution in [3.8, 4) is 11.1 Å². The van der Waals surface area contributed by atoms with Crippen LogP contribution in [0.3, 0.4) is 0 Å². The Balaban J connectivity index is 0.00000180. The Morgan fingerprint density at radius 2 is 1.94 bits per heavy atom. The van der Waals surface area contributed by atoms with Crippen LogP contribution < -0.4 is 5.32 Å². The fraction of sp³-hybridized carbons (Fsp3) is 0.250. The predicted octanol–water partition coefficient (Wildman–Crippen LogP) is 4.73. The molecule has 0 saturated carbocycles. The van der Waals surface area contributed by atoms with Crippen molar-refractivity contribution in [3.05, 3.63) is 53.8 Å². The van der Waals surface area contributed by atoms with Crippen molar-refractivity contribution in [1.29, 1.82) is 0 Å². The highest BCUT2D eigenvalue weighted by atomic mass is 19.1. The highest BCUT2D eigenvalue weighted by Crippen LogP contribution is 2.29. The van der Waals surface area contributed by atoms with Crippen LogP contribution in [0.15, 0.2) is 42.5 Å². The van der Waals surface area contributed by atoms with Gasteiger partial charge in [0, 0.05) is 19.2 Å². The molecular weight excluding hydrogens is 225 g/mol. The van der Waals surface area contributed by atoms with Crippen molar-refractivity contribution in [3.63, 3.8) is 0 Å². The number of anilines is 1. The smallest absolute Gasteiger partial charge is 0.123 e. The maximum atomic E-state index is 13.4. The van der Waals surface area contributed by atoms with E-state index in [0.29, 0.717) is 0 Å². The van der Waals surface area contributed by atoms with Crippen LogP contribution in [0.2, 0.25) is 0 Å². The van der Waals surface area contributed by atoms with Gasteiger partial charge in [0.1, 0.15) is 5.82 Å². The van der Waals surface area contributed by atoms with Gasteiger partial charge in [0.05, 0.1) is 0 Å². The van der Waals surface area contributed by atoms with E-state index in [4.69, 9.17) is 0 Å². The third kappa shape index (κ3) is 2.70. The van der Waals surface area contributed by atoms with Gasteiger partial charge < -0.3 is 5.32 Å². The maximum absolute atomic E-state index is 13.4. The lowest BCUT2D eigenvalue weighted by atomic mass is 10.0. The van der Waals surface area contributed by atoms with Crippen LogP contribution in [-0.2, 0) is 6.42 Å². The maximum Gasteiger partial charge on any atom is 0.123 e. The second-order valence-corrected chi connectivity index (χ2v) is 4.27. The largest absolute Gasteiger partial charge is 0.385 e. The zero-order chi connectivity index (χ0) is 13.0. The minimum atomic E-state index is -0.200. The quantitative estimate of drug-likeness (QED) is 0.821. The summed E-state index contributed by atoms with van der Waals surface area (Å²) in [5.74, 6) is -0.200. The van der Waals surface area contributed by atoms with Crippen molar-refractivity contribution >= 4 is 5.69 Å². The van der Waals surface area contributed by atoms with E-state index in [1.165, 1.54) is 11.6 Å². The van der Waals surface area contributed by atoms with Crippen LogP contribution >= 0.6 is 0 Å². The summed E-state index contributed by atoms with van der Waals surface area (Å²) in [7, 11) is 0. The highest BCUT2D eigenvalue weighted by molar-refractivity contribution is 5.78. The van der Waals surface area contributed by atoms with E-state index in [9.17, 15) is 4.39 Å². The van der Waals surface area contributed by atoms with Gasteiger partial charge >= 0.3 is 0 Å². The van der Waals surface area contributed by atoms with Gasteiger partial charge in [-0.25, -0.2) is 4.39 Å². The first-order valence-electron chi connectivity index (χ1n) is 6.37. The third-order valence-electron chi connectivity index (χ3n) is 3.00. The summed E-state index contributed by atoms with van der Waals surface area (Å²) in [6.07, 6.45) is 0.986. The molecule has 0 radical (unpaired) electrons. The van der Waals surface area contributed by atoms with Crippen LogP contribution in [0, 0.1) is 5.82 Å². The molecule has 0 fully saturated rings. The topological polar surface area (TPSA) is 12.0 Å². The summed E-state index contributed by atoms with van der Waals surface area (Å²) < 4.78 is 13.4.